The molecule has 0 aliphatic carbocycles. The number of likely N-dealkylation sites (tertiary alicyclic amines) is 1. The summed E-state index contributed by atoms with van der Waals surface area (Å²) < 4.78 is 13.2. The maximum atomic E-state index is 13.9. The Bertz CT molecular complexity index is 1610. The second-order valence-electron chi connectivity index (χ2n) is 13.2. The molecule has 1 fully saturated rings. The fraction of sp³-hybridized carbons (Fsp3) is 0.432. The zero-order valence-electron chi connectivity index (χ0n) is 27.5. The highest BCUT2D eigenvalue weighted by Gasteiger charge is 2.30. The van der Waals surface area contributed by atoms with Gasteiger partial charge in [-0.1, -0.05) is 48.5 Å². The molecule has 1 aromatic heterocycles. The standard InChI is InChI=1S/C37H47N5O4/c1-37(2,3)46-36(44)39-31(23-26-12-14-27(15-13-26)28-16-18-30(38)19-17-28)24-34(43)41-20-7-9-29(25-41)35-40-32-10-5-6-11-33(32)42(35)21-8-22-45-4/h5-6,10-19,29,31H,7-9,20-25,38H2,1-4H3,(H,39,44)/t29-,31-/m1/s1. The maximum absolute atomic E-state index is 13.9. The molecule has 2 atom stereocenters. The first-order valence-corrected chi connectivity index (χ1v) is 16.3. The number of nitrogens with one attached hydrogen (secondary N) is 1. The van der Waals surface area contributed by atoms with Crippen LogP contribution in [0.15, 0.2) is 72.8 Å². The van der Waals surface area contributed by atoms with E-state index in [9.17, 15) is 9.59 Å². The molecule has 2 amide bonds. The Kier molecular flexibility index (Phi) is 10.6. The molecule has 0 radical (unpaired) electrons. The summed E-state index contributed by atoms with van der Waals surface area (Å²) in [6.45, 7) is 8.28. The highest BCUT2D eigenvalue weighted by Crippen LogP contribution is 2.30. The fourth-order valence-electron chi connectivity index (χ4n) is 6.20. The zero-order chi connectivity index (χ0) is 32.7. The van der Waals surface area contributed by atoms with Crippen LogP contribution in [0, 0.1) is 0 Å². The van der Waals surface area contributed by atoms with Crippen LogP contribution in [0.1, 0.15) is 63.8 Å². The van der Waals surface area contributed by atoms with E-state index in [0.29, 0.717) is 26.1 Å². The molecule has 46 heavy (non-hydrogen) atoms. The van der Waals surface area contributed by atoms with Crippen LogP contribution in [0.3, 0.4) is 0 Å². The number of nitrogens with zero attached hydrogens (tertiary/aromatic N) is 3. The molecule has 0 bridgehead atoms. The monoisotopic (exact) mass is 625 g/mol. The minimum atomic E-state index is -0.645. The number of rotatable bonds is 11. The number of piperidine rings is 1. The summed E-state index contributed by atoms with van der Waals surface area (Å²) in [6, 6.07) is 23.8. The SMILES string of the molecule is COCCCn1c([C@@H]2CCCN(C(=O)C[C@@H](Cc3ccc(-c4ccc(N)cc4)cc3)NC(=O)OC(C)(C)C)C2)nc2ccccc21. The number of imidazole rings is 1. The molecule has 1 saturated heterocycles. The molecule has 9 nitrogen and oxygen atoms in total. The number of anilines is 1. The third-order valence-electron chi connectivity index (χ3n) is 8.38. The van der Waals surface area contributed by atoms with E-state index in [-0.39, 0.29) is 18.2 Å². The van der Waals surface area contributed by atoms with E-state index >= 15 is 0 Å². The molecule has 244 valence electrons. The number of ether oxygens (including phenoxy) is 2. The lowest BCUT2D eigenvalue weighted by Gasteiger charge is -2.34. The highest BCUT2D eigenvalue weighted by atomic mass is 16.6. The van der Waals surface area contributed by atoms with Crippen molar-refractivity contribution in [2.24, 2.45) is 0 Å². The van der Waals surface area contributed by atoms with Crippen molar-refractivity contribution in [1.82, 2.24) is 19.8 Å². The van der Waals surface area contributed by atoms with E-state index in [0.717, 1.165) is 65.0 Å². The highest BCUT2D eigenvalue weighted by molar-refractivity contribution is 5.79. The van der Waals surface area contributed by atoms with Gasteiger partial charge in [-0.25, -0.2) is 9.78 Å². The van der Waals surface area contributed by atoms with E-state index < -0.39 is 17.7 Å². The summed E-state index contributed by atoms with van der Waals surface area (Å²) in [5, 5.41) is 2.99. The summed E-state index contributed by atoms with van der Waals surface area (Å²) in [5.41, 5.74) is 11.2. The number of alkyl carbamates (subject to hydrolysis) is 1. The number of aromatic nitrogens is 2. The van der Waals surface area contributed by atoms with Gasteiger partial charge >= 0.3 is 6.09 Å². The Labute approximate surface area is 272 Å². The lowest BCUT2D eigenvalue weighted by molar-refractivity contribution is -0.132. The Morgan fingerprint density at radius 3 is 2.41 bits per heavy atom. The van der Waals surface area contributed by atoms with Crippen LogP contribution in [0.25, 0.3) is 22.2 Å². The van der Waals surface area contributed by atoms with Crippen molar-refractivity contribution in [3.63, 3.8) is 0 Å². The lowest BCUT2D eigenvalue weighted by Crippen LogP contribution is -2.46. The first-order valence-electron chi connectivity index (χ1n) is 16.3. The van der Waals surface area contributed by atoms with Crippen molar-refractivity contribution in [3.05, 3.63) is 84.2 Å². The van der Waals surface area contributed by atoms with Crippen LogP contribution in [-0.2, 0) is 27.2 Å². The molecular weight excluding hydrogens is 578 g/mol. The molecule has 9 heteroatoms. The van der Waals surface area contributed by atoms with Gasteiger partial charge in [0.15, 0.2) is 0 Å². The third-order valence-corrected chi connectivity index (χ3v) is 8.38. The second kappa shape index (κ2) is 14.8. The van der Waals surface area contributed by atoms with Crippen LogP contribution in [0.2, 0.25) is 0 Å². The first kappa shape index (κ1) is 33.0. The van der Waals surface area contributed by atoms with Crippen molar-refractivity contribution < 1.29 is 19.1 Å². The summed E-state index contributed by atoms with van der Waals surface area (Å²) in [5.74, 6) is 1.18. The van der Waals surface area contributed by atoms with E-state index in [1.54, 1.807) is 7.11 Å². The molecule has 0 spiro atoms. The van der Waals surface area contributed by atoms with Gasteiger partial charge in [0.25, 0.3) is 0 Å². The molecule has 3 N–H and O–H groups in total. The number of para-hydroxylation sites is 2. The predicted molar refractivity (Wildman–Crippen MR) is 183 cm³/mol. The summed E-state index contributed by atoms with van der Waals surface area (Å²) in [6.07, 6.45) is 2.91. The number of aryl methyl sites for hydroxylation is 1. The van der Waals surface area contributed by atoms with Crippen LogP contribution < -0.4 is 11.1 Å². The number of methoxy groups -OCH3 is 1. The first-order chi connectivity index (χ1) is 22.1. The molecule has 1 aliphatic heterocycles. The molecular formula is C37H47N5O4. The van der Waals surface area contributed by atoms with Crippen molar-refractivity contribution in [1.29, 1.82) is 0 Å². The number of hydrogen-bond acceptors (Lipinski definition) is 6. The quantitative estimate of drug-likeness (QED) is 0.144. The van der Waals surface area contributed by atoms with Gasteiger partial charge in [-0.15, -0.1) is 0 Å². The molecule has 5 rings (SSSR count). The Balaban J connectivity index is 1.30. The smallest absolute Gasteiger partial charge is 0.407 e. The molecule has 2 heterocycles. The lowest BCUT2D eigenvalue weighted by atomic mass is 9.95. The van der Waals surface area contributed by atoms with Gasteiger partial charge in [-0.2, -0.15) is 0 Å². The number of hydrogen-bond donors (Lipinski definition) is 2. The van der Waals surface area contributed by atoms with Gasteiger partial charge in [-0.3, -0.25) is 4.79 Å². The number of nitrogen functional groups attached to an aromatic ring is 1. The molecule has 3 aromatic carbocycles. The average Bonchev–Trinajstić information content (AvgIpc) is 3.39. The van der Waals surface area contributed by atoms with Crippen molar-refractivity contribution >= 4 is 28.7 Å². The topological polar surface area (TPSA) is 112 Å². The molecule has 0 unspecified atom stereocenters. The van der Waals surface area contributed by atoms with Gasteiger partial charge in [0.1, 0.15) is 11.4 Å². The number of amides is 2. The minimum absolute atomic E-state index is 0.0197. The van der Waals surface area contributed by atoms with Gasteiger partial charge in [-0.05, 0) is 87.4 Å². The summed E-state index contributed by atoms with van der Waals surface area (Å²) in [7, 11) is 1.72. The fourth-order valence-corrected chi connectivity index (χ4v) is 6.20. The van der Waals surface area contributed by atoms with Crippen LogP contribution in [-0.4, -0.2) is 64.9 Å². The number of carbonyl (C=O) groups is 2. The Morgan fingerprint density at radius 2 is 1.72 bits per heavy atom. The van der Waals surface area contributed by atoms with E-state index in [1.165, 1.54) is 0 Å². The van der Waals surface area contributed by atoms with Gasteiger partial charge in [0, 0.05) is 57.4 Å². The molecule has 1 aliphatic rings. The van der Waals surface area contributed by atoms with Gasteiger partial charge < -0.3 is 30.0 Å². The molecule has 4 aromatic rings. The Morgan fingerprint density at radius 1 is 1.02 bits per heavy atom. The number of carbonyl (C=O) groups excluding carboxylic acids is 2. The van der Waals surface area contributed by atoms with E-state index in [2.05, 4.69) is 28.1 Å². The number of fused-ring (bicyclic) bond motifs is 1. The van der Waals surface area contributed by atoms with E-state index in [1.807, 2.05) is 80.3 Å². The summed E-state index contributed by atoms with van der Waals surface area (Å²) in [4.78, 5) is 33.7. The largest absolute Gasteiger partial charge is 0.444 e. The van der Waals surface area contributed by atoms with Crippen molar-refractivity contribution in [2.75, 3.05) is 32.5 Å². The Hall–Kier alpha value is -4.37. The molecule has 0 saturated carbocycles. The van der Waals surface area contributed by atoms with Crippen molar-refractivity contribution in [2.45, 2.75) is 77.0 Å². The second-order valence-corrected chi connectivity index (χ2v) is 13.2. The van der Waals surface area contributed by atoms with Crippen LogP contribution >= 0.6 is 0 Å². The number of benzene rings is 3. The van der Waals surface area contributed by atoms with Gasteiger partial charge in [0.05, 0.1) is 11.0 Å². The predicted octanol–water partition coefficient (Wildman–Crippen LogP) is 6.55. The normalized spacial score (nSPS) is 15.9. The van der Waals surface area contributed by atoms with Crippen LogP contribution in [0.5, 0.6) is 0 Å². The van der Waals surface area contributed by atoms with E-state index in [4.69, 9.17) is 20.2 Å². The zero-order valence-corrected chi connectivity index (χ0v) is 27.5. The van der Waals surface area contributed by atoms with Crippen LogP contribution in [0.4, 0.5) is 10.5 Å². The van der Waals surface area contributed by atoms with Crippen molar-refractivity contribution in [3.8, 4) is 11.1 Å². The van der Waals surface area contributed by atoms with Gasteiger partial charge in [0.2, 0.25) is 5.91 Å². The number of nitrogens with two attached hydrogens (primary N) is 1. The maximum Gasteiger partial charge on any atom is 0.407 e. The third kappa shape index (κ3) is 8.66. The summed E-state index contributed by atoms with van der Waals surface area (Å²) >= 11 is 0. The minimum Gasteiger partial charge on any atom is -0.444 e. The average molecular weight is 626 g/mol.